The lowest BCUT2D eigenvalue weighted by atomic mass is 9.83. The van der Waals surface area contributed by atoms with Crippen LogP contribution in [0.4, 0.5) is 0 Å². The molecule has 1 heterocycles. The second kappa shape index (κ2) is 6.93. The molecule has 5 heteroatoms. The smallest absolute Gasteiger partial charge is 0.317 e. The van der Waals surface area contributed by atoms with Gasteiger partial charge < -0.3 is 10.4 Å². The Morgan fingerprint density at radius 1 is 1.22 bits per heavy atom. The number of hydrogen-bond donors (Lipinski definition) is 2. The summed E-state index contributed by atoms with van der Waals surface area (Å²) in [5.41, 5.74) is 0.395. The first-order valence-electron chi connectivity index (χ1n) is 9.14. The van der Waals surface area contributed by atoms with Crippen molar-refractivity contribution >= 4 is 17.7 Å². The summed E-state index contributed by atoms with van der Waals surface area (Å²) in [7, 11) is 0. The SMILES string of the molecule is CC(C)(C)C1CC(NC2CC(N(CC(=O)O)CC3CC3)C2)CS1. The molecule has 0 spiro atoms. The van der Waals surface area contributed by atoms with Crippen LogP contribution in [0.15, 0.2) is 0 Å². The van der Waals surface area contributed by atoms with Crippen LogP contribution in [0.25, 0.3) is 0 Å². The van der Waals surface area contributed by atoms with E-state index in [0.29, 0.717) is 23.5 Å². The molecule has 0 radical (unpaired) electrons. The van der Waals surface area contributed by atoms with Crippen LogP contribution in [0.2, 0.25) is 0 Å². The number of rotatable bonds is 7. The molecular formula is C18H32N2O2S. The van der Waals surface area contributed by atoms with Gasteiger partial charge in [0.15, 0.2) is 0 Å². The van der Waals surface area contributed by atoms with Gasteiger partial charge in [0, 0.05) is 35.7 Å². The van der Waals surface area contributed by atoms with Crippen molar-refractivity contribution in [3.8, 4) is 0 Å². The van der Waals surface area contributed by atoms with Crippen LogP contribution in [0.5, 0.6) is 0 Å². The second-order valence-electron chi connectivity index (χ2n) is 8.88. The first-order valence-corrected chi connectivity index (χ1v) is 10.2. The Morgan fingerprint density at radius 2 is 1.91 bits per heavy atom. The molecule has 0 amide bonds. The van der Waals surface area contributed by atoms with Gasteiger partial charge in [-0.1, -0.05) is 20.8 Å². The topological polar surface area (TPSA) is 52.6 Å². The third-order valence-electron chi connectivity index (χ3n) is 5.59. The molecule has 4 nitrogen and oxygen atoms in total. The molecule has 23 heavy (non-hydrogen) atoms. The standard InChI is InChI=1S/C18H32N2O2S/c1-18(2,3)16-8-14(11-23-16)19-13-6-15(7-13)20(10-17(21)22)9-12-4-5-12/h12-16,19H,4-11H2,1-3H3,(H,21,22). The lowest BCUT2D eigenvalue weighted by molar-refractivity contribution is -0.139. The number of carboxylic acids is 1. The zero-order chi connectivity index (χ0) is 16.6. The van der Waals surface area contributed by atoms with Crippen molar-refractivity contribution in [1.29, 1.82) is 0 Å². The quantitative estimate of drug-likeness (QED) is 0.746. The molecule has 3 rings (SSSR count). The zero-order valence-electron chi connectivity index (χ0n) is 14.8. The number of nitrogens with one attached hydrogen (secondary N) is 1. The minimum atomic E-state index is -0.678. The molecular weight excluding hydrogens is 308 g/mol. The molecule has 0 aromatic carbocycles. The molecule has 1 saturated heterocycles. The summed E-state index contributed by atoms with van der Waals surface area (Å²) in [4.78, 5) is 13.3. The molecule has 2 saturated carbocycles. The Balaban J connectivity index is 1.40. The largest absolute Gasteiger partial charge is 0.480 e. The summed E-state index contributed by atoms with van der Waals surface area (Å²) >= 11 is 2.12. The van der Waals surface area contributed by atoms with Gasteiger partial charge in [-0.05, 0) is 43.4 Å². The number of hydrogen-bond acceptors (Lipinski definition) is 4. The molecule has 2 N–H and O–H groups in total. The van der Waals surface area contributed by atoms with E-state index in [1.807, 2.05) is 0 Å². The first kappa shape index (κ1) is 17.6. The van der Waals surface area contributed by atoms with Crippen molar-refractivity contribution in [1.82, 2.24) is 10.2 Å². The van der Waals surface area contributed by atoms with Gasteiger partial charge >= 0.3 is 5.97 Å². The van der Waals surface area contributed by atoms with Crippen LogP contribution in [0.3, 0.4) is 0 Å². The lowest BCUT2D eigenvalue weighted by Gasteiger charge is -2.44. The summed E-state index contributed by atoms with van der Waals surface area (Å²) in [6.45, 7) is 8.24. The number of thioether (sulfide) groups is 1. The molecule has 2 aliphatic carbocycles. The number of nitrogens with zero attached hydrogens (tertiary/aromatic N) is 1. The molecule has 2 atom stereocenters. The zero-order valence-corrected chi connectivity index (χ0v) is 15.6. The van der Waals surface area contributed by atoms with Gasteiger partial charge in [-0.25, -0.2) is 0 Å². The highest BCUT2D eigenvalue weighted by Crippen LogP contribution is 2.40. The van der Waals surface area contributed by atoms with Gasteiger partial charge in [0.05, 0.1) is 6.54 Å². The summed E-state index contributed by atoms with van der Waals surface area (Å²) in [6, 6.07) is 1.73. The highest BCUT2D eigenvalue weighted by atomic mass is 32.2. The minimum absolute atomic E-state index is 0.221. The van der Waals surface area contributed by atoms with E-state index in [4.69, 9.17) is 5.11 Å². The van der Waals surface area contributed by atoms with E-state index in [2.05, 4.69) is 42.7 Å². The van der Waals surface area contributed by atoms with Crippen molar-refractivity contribution in [2.75, 3.05) is 18.8 Å². The van der Waals surface area contributed by atoms with Crippen molar-refractivity contribution in [3.63, 3.8) is 0 Å². The van der Waals surface area contributed by atoms with Crippen LogP contribution in [0.1, 0.15) is 52.9 Å². The molecule has 2 unspecified atom stereocenters. The highest BCUT2D eigenvalue weighted by Gasteiger charge is 2.40. The van der Waals surface area contributed by atoms with Crippen LogP contribution in [-0.2, 0) is 4.79 Å². The van der Waals surface area contributed by atoms with Gasteiger partial charge in [0.1, 0.15) is 0 Å². The minimum Gasteiger partial charge on any atom is -0.480 e. The Bertz CT molecular complexity index is 427. The van der Waals surface area contributed by atoms with Crippen molar-refractivity contribution in [2.24, 2.45) is 11.3 Å². The van der Waals surface area contributed by atoms with E-state index >= 15 is 0 Å². The van der Waals surface area contributed by atoms with Crippen LogP contribution < -0.4 is 5.32 Å². The average Bonchev–Trinajstić information content (AvgIpc) is 3.06. The predicted octanol–water partition coefficient (Wildman–Crippen LogP) is 2.82. The molecule has 132 valence electrons. The number of carbonyl (C=O) groups is 1. The van der Waals surface area contributed by atoms with Crippen molar-refractivity contribution < 1.29 is 9.90 Å². The fraction of sp³-hybridized carbons (Fsp3) is 0.944. The third-order valence-corrected chi connectivity index (χ3v) is 7.49. The summed E-state index contributed by atoms with van der Waals surface area (Å²) in [5.74, 6) is 1.31. The summed E-state index contributed by atoms with van der Waals surface area (Å²) in [5, 5.41) is 13.7. The van der Waals surface area contributed by atoms with E-state index in [-0.39, 0.29) is 6.54 Å². The second-order valence-corrected chi connectivity index (χ2v) is 10.1. The van der Waals surface area contributed by atoms with Gasteiger partial charge in [-0.15, -0.1) is 0 Å². The van der Waals surface area contributed by atoms with Crippen LogP contribution in [-0.4, -0.2) is 58.2 Å². The maximum Gasteiger partial charge on any atom is 0.317 e. The van der Waals surface area contributed by atoms with E-state index < -0.39 is 5.97 Å². The average molecular weight is 341 g/mol. The molecule has 0 aromatic rings. The summed E-state index contributed by atoms with van der Waals surface area (Å²) in [6.07, 6.45) is 6.11. The van der Waals surface area contributed by atoms with E-state index in [0.717, 1.165) is 30.6 Å². The maximum atomic E-state index is 11.1. The predicted molar refractivity (Wildman–Crippen MR) is 96.0 cm³/mol. The number of carboxylic acid groups (broad SMARTS) is 1. The van der Waals surface area contributed by atoms with E-state index in [9.17, 15) is 4.79 Å². The fourth-order valence-electron chi connectivity index (χ4n) is 3.85. The lowest BCUT2D eigenvalue weighted by Crippen LogP contribution is -2.56. The van der Waals surface area contributed by atoms with Crippen molar-refractivity contribution in [3.05, 3.63) is 0 Å². The van der Waals surface area contributed by atoms with Crippen LogP contribution in [0, 0.1) is 11.3 Å². The Hall–Kier alpha value is -0.260. The van der Waals surface area contributed by atoms with Crippen LogP contribution >= 0.6 is 11.8 Å². The molecule has 0 aromatic heterocycles. The van der Waals surface area contributed by atoms with Gasteiger partial charge in [-0.3, -0.25) is 9.69 Å². The van der Waals surface area contributed by atoms with E-state index in [1.165, 1.54) is 25.0 Å². The molecule has 1 aliphatic heterocycles. The monoisotopic (exact) mass is 340 g/mol. The normalized spacial score (nSPS) is 34.6. The molecule has 3 aliphatic rings. The maximum absolute atomic E-state index is 11.1. The third kappa shape index (κ3) is 4.86. The van der Waals surface area contributed by atoms with Crippen molar-refractivity contribution in [2.45, 2.75) is 76.3 Å². The highest BCUT2D eigenvalue weighted by molar-refractivity contribution is 8.00. The Morgan fingerprint density at radius 3 is 2.43 bits per heavy atom. The first-order chi connectivity index (χ1) is 10.8. The Labute approximate surface area is 144 Å². The Kier molecular flexibility index (Phi) is 5.29. The van der Waals surface area contributed by atoms with Gasteiger partial charge in [0.25, 0.3) is 0 Å². The fourth-order valence-corrected chi connectivity index (χ4v) is 5.42. The molecule has 0 bridgehead atoms. The van der Waals surface area contributed by atoms with Gasteiger partial charge in [0.2, 0.25) is 0 Å². The van der Waals surface area contributed by atoms with Gasteiger partial charge in [-0.2, -0.15) is 11.8 Å². The van der Waals surface area contributed by atoms with E-state index in [1.54, 1.807) is 0 Å². The summed E-state index contributed by atoms with van der Waals surface area (Å²) < 4.78 is 0. The molecule has 3 fully saturated rings. The number of aliphatic carboxylic acids is 1.